The van der Waals surface area contributed by atoms with Gasteiger partial charge < -0.3 is 9.64 Å². The standard InChI is InChI=1S/C11H14BrClN2O/c1-11(2)7-16-4-3-15(11)10-9(13)5-8(12)6-14-10/h5-6H,3-4,7H2,1-2H3. The van der Waals surface area contributed by atoms with Crippen molar-refractivity contribution in [2.75, 3.05) is 24.7 Å². The van der Waals surface area contributed by atoms with Gasteiger partial charge in [0.15, 0.2) is 0 Å². The third kappa shape index (κ3) is 2.34. The number of anilines is 1. The second kappa shape index (κ2) is 4.51. The van der Waals surface area contributed by atoms with Crippen molar-refractivity contribution in [3.05, 3.63) is 21.8 Å². The molecule has 0 saturated carbocycles. The Morgan fingerprint density at radius 3 is 2.94 bits per heavy atom. The van der Waals surface area contributed by atoms with Gasteiger partial charge >= 0.3 is 0 Å². The molecule has 1 aliphatic rings. The van der Waals surface area contributed by atoms with Crippen LogP contribution in [0.1, 0.15) is 13.8 Å². The molecule has 2 rings (SSSR count). The highest BCUT2D eigenvalue weighted by atomic mass is 79.9. The Labute approximate surface area is 109 Å². The lowest BCUT2D eigenvalue weighted by Crippen LogP contribution is -2.53. The highest BCUT2D eigenvalue weighted by Gasteiger charge is 2.32. The quantitative estimate of drug-likeness (QED) is 0.797. The maximum atomic E-state index is 6.22. The van der Waals surface area contributed by atoms with Crippen LogP contribution in [-0.4, -0.2) is 30.3 Å². The van der Waals surface area contributed by atoms with Crippen LogP contribution in [0.3, 0.4) is 0 Å². The van der Waals surface area contributed by atoms with Gasteiger partial charge in [-0.3, -0.25) is 0 Å². The molecule has 0 N–H and O–H groups in total. The molecule has 3 nitrogen and oxygen atoms in total. The molecule has 5 heteroatoms. The minimum absolute atomic E-state index is 0.0667. The summed E-state index contributed by atoms with van der Waals surface area (Å²) in [6.07, 6.45) is 1.77. The number of aromatic nitrogens is 1. The van der Waals surface area contributed by atoms with Crippen LogP contribution in [0.5, 0.6) is 0 Å². The molecule has 88 valence electrons. The summed E-state index contributed by atoms with van der Waals surface area (Å²) in [5.74, 6) is 0.832. The van der Waals surface area contributed by atoms with E-state index in [-0.39, 0.29) is 5.54 Å². The van der Waals surface area contributed by atoms with E-state index in [2.05, 4.69) is 39.7 Å². The van der Waals surface area contributed by atoms with Crippen LogP contribution in [0.2, 0.25) is 5.02 Å². The Bertz CT molecular complexity index is 398. The molecular weight excluding hydrogens is 291 g/mol. The highest BCUT2D eigenvalue weighted by molar-refractivity contribution is 9.10. The first kappa shape index (κ1) is 12.1. The van der Waals surface area contributed by atoms with Crippen LogP contribution in [-0.2, 0) is 4.74 Å². The molecule has 0 radical (unpaired) electrons. The second-order valence-electron chi connectivity index (χ2n) is 4.48. The molecule has 1 fully saturated rings. The predicted octanol–water partition coefficient (Wildman–Crippen LogP) is 3.11. The first-order valence-electron chi connectivity index (χ1n) is 5.17. The number of pyridine rings is 1. The van der Waals surface area contributed by atoms with Crippen molar-refractivity contribution in [3.8, 4) is 0 Å². The van der Waals surface area contributed by atoms with Crippen molar-refractivity contribution < 1.29 is 4.74 Å². The van der Waals surface area contributed by atoms with Gasteiger partial charge in [0.2, 0.25) is 0 Å². The molecule has 1 aliphatic heterocycles. The summed E-state index contributed by atoms with van der Waals surface area (Å²) in [6, 6.07) is 1.87. The van der Waals surface area contributed by atoms with Gasteiger partial charge in [0, 0.05) is 17.2 Å². The number of nitrogens with zero attached hydrogens (tertiary/aromatic N) is 2. The number of rotatable bonds is 1. The van der Waals surface area contributed by atoms with Crippen LogP contribution in [0.4, 0.5) is 5.82 Å². The second-order valence-corrected chi connectivity index (χ2v) is 5.80. The summed E-state index contributed by atoms with van der Waals surface area (Å²) in [5, 5.41) is 0.671. The Morgan fingerprint density at radius 2 is 2.31 bits per heavy atom. The van der Waals surface area contributed by atoms with Gasteiger partial charge in [0.1, 0.15) is 5.82 Å². The molecule has 0 amide bonds. The zero-order chi connectivity index (χ0) is 11.8. The van der Waals surface area contributed by atoms with E-state index in [0.717, 1.165) is 23.4 Å². The fraction of sp³-hybridized carbons (Fsp3) is 0.545. The third-order valence-corrected chi connectivity index (χ3v) is 3.40. The summed E-state index contributed by atoms with van der Waals surface area (Å²) in [6.45, 7) is 6.50. The summed E-state index contributed by atoms with van der Waals surface area (Å²) in [4.78, 5) is 6.59. The first-order valence-corrected chi connectivity index (χ1v) is 6.34. The smallest absolute Gasteiger partial charge is 0.148 e. The molecule has 0 unspecified atom stereocenters. The number of halogens is 2. The summed E-state index contributed by atoms with van der Waals surface area (Å²) >= 11 is 9.57. The molecule has 1 aromatic rings. The van der Waals surface area contributed by atoms with Crippen molar-refractivity contribution in [2.24, 2.45) is 0 Å². The van der Waals surface area contributed by atoms with Crippen molar-refractivity contribution in [1.82, 2.24) is 4.98 Å². The van der Waals surface area contributed by atoms with Gasteiger partial charge in [-0.15, -0.1) is 0 Å². The van der Waals surface area contributed by atoms with Crippen LogP contribution < -0.4 is 4.90 Å². The van der Waals surface area contributed by atoms with Gasteiger partial charge in [0.05, 0.1) is 23.8 Å². The van der Waals surface area contributed by atoms with E-state index >= 15 is 0 Å². The third-order valence-electron chi connectivity index (χ3n) is 2.69. The summed E-state index contributed by atoms with van der Waals surface area (Å²) < 4.78 is 6.37. The first-order chi connectivity index (χ1) is 7.50. The van der Waals surface area contributed by atoms with Crippen molar-refractivity contribution in [3.63, 3.8) is 0 Å². The fourth-order valence-corrected chi connectivity index (χ4v) is 2.59. The van der Waals surface area contributed by atoms with E-state index in [9.17, 15) is 0 Å². The average Bonchev–Trinajstić information content (AvgIpc) is 2.19. The molecule has 1 saturated heterocycles. The summed E-state index contributed by atoms with van der Waals surface area (Å²) in [5.41, 5.74) is -0.0667. The normalized spacial score (nSPS) is 19.9. The molecule has 0 bridgehead atoms. The lowest BCUT2D eigenvalue weighted by Gasteiger charge is -2.43. The fourth-order valence-electron chi connectivity index (χ4n) is 1.86. The highest BCUT2D eigenvalue weighted by Crippen LogP contribution is 2.32. The minimum atomic E-state index is -0.0667. The van der Waals surface area contributed by atoms with Crippen LogP contribution in [0.15, 0.2) is 16.7 Å². The number of hydrogen-bond acceptors (Lipinski definition) is 3. The molecule has 1 aromatic heterocycles. The largest absolute Gasteiger partial charge is 0.377 e. The SMILES string of the molecule is CC1(C)COCCN1c1ncc(Br)cc1Cl. The van der Waals surface area contributed by atoms with Crippen molar-refractivity contribution >= 4 is 33.3 Å². The van der Waals surface area contributed by atoms with E-state index in [1.54, 1.807) is 6.20 Å². The maximum Gasteiger partial charge on any atom is 0.148 e. The van der Waals surface area contributed by atoms with Gasteiger partial charge in [-0.25, -0.2) is 4.98 Å². The van der Waals surface area contributed by atoms with Gasteiger partial charge in [-0.2, -0.15) is 0 Å². The van der Waals surface area contributed by atoms with Crippen molar-refractivity contribution in [2.45, 2.75) is 19.4 Å². The average molecular weight is 306 g/mol. The number of ether oxygens (including phenoxy) is 1. The molecule has 0 aromatic carbocycles. The van der Waals surface area contributed by atoms with Gasteiger partial charge in [-0.1, -0.05) is 11.6 Å². The van der Waals surface area contributed by atoms with E-state index < -0.39 is 0 Å². The van der Waals surface area contributed by atoms with Crippen LogP contribution >= 0.6 is 27.5 Å². The Balaban J connectivity index is 2.35. The molecular formula is C11H14BrClN2O. The summed E-state index contributed by atoms with van der Waals surface area (Å²) in [7, 11) is 0. The van der Waals surface area contributed by atoms with E-state index in [0.29, 0.717) is 11.6 Å². The molecule has 0 atom stereocenters. The molecule has 2 heterocycles. The van der Waals surface area contributed by atoms with Crippen molar-refractivity contribution in [1.29, 1.82) is 0 Å². The molecule has 0 aliphatic carbocycles. The van der Waals surface area contributed by atoms with E-state index in [1.807, 2.05) is 6.07 Å². The van der Waals surface area contributed by atoms with E-state index in [1.165, 1.54) is 0 Å². The predicted molar refractivity (Wildman–Crippen MR) is 69.2 cm³/mol. The maximum absolute atomic E-state index is 6.22. The lowest BCUT2D eigenvalue weighted by molar-refractivity contribution is 0.0639. The molecule has 0 spiro atoms. The zero-order valence-electron chi connectivity index (χ0n) is 9.33. The minimum Gasteiger partial charge on any atom is -0.377 e. The Morgan fingerprint density at radius 1 is 1.56 bits per heavy atom. The number of hydrogen-bond donors (Lipinski definition) is 0. The van der Waals surface area contributed by atoms with Crippen LogP contribution in [0.25, 0.3) is 0 Å². The van der Waals surface area contributed by atoms with Crippen LogP contribution in [0, 0.1) is 0 Å². The lowest BCUT2D eigenvalue weighted by atomic mass is 10.0. The topological polar surface area (TPSA) is 25.4 Å². The van der Waals surface area contributed by atoms with E-state index in [4.69, 9.17) is 16.3 Å². The Hall–Kier alpha value is -0.320. The Kier molecular flexibility index (Phi) is 3.42. The van der Waals surface area contributed by atoms with Gasteiger partial charge in [0.25, 0.3) is 0 Å². The monoisotopic (exact) mass is 304 g/mol. The molecule has 16 heavy (non-hydrogen) atoms. The zero-order valence-corrected chi connectivity index (χ0v) is 11.7. The van der Waals surface area contributed by atoms with Gasteiger partial charge in [-0.05, 0) is 35.8 Å². The number of morpholine rings is 1.